The maximum atomic E-state index is 13.1. The second-order valence-corrected chi connectivity index (χ2v) is 7.46. The number of ether oxygens (including phenoxy) is 2. The quantitative estimate of drug-likeness (QED) is 0.649. The third kappa shape index (κ3) is 5.57. The summed E-state index contributed by atoms with van der Waals surface area (Å²) in [4.78, 5) is 41.2. The van der Waals surface area contributed by atoms with Gasteiger partial charge in [0, 0.05) is 37.0 Å². The molecule has 1 N–H and O–H groups in total. The molecular weight excluding hydrogens is 410 g/mol. The molecule has 1 aliphatic heterocycles. The number of likely N-dealkylation sites (N-methyl/N-ethyl adjacent to an activating group) is 1. The number of rotatable bonds is 9. The minimum Gasteiger partial charge on any atom is -0.497 e. The number of hydrogen-bond acceptors (Lipinski definition) is 5. The van der Waals surface area contributed by atoms with Crippen molar-refractivity contribution in [2.75, 3.05) is 43.6 Å². The van der Waals surface area contributed by atoms with E-state index in [0.29, 0.717) is 31.1 Å². The van der Waals surface area contributed by atoms with Crippen LogP contribution in [0.4, 0.5) is 11.4 Å². The topological polar surface area (TPSA) is 88.2 Å². The van der Waals surface area contributed by atoms with Crippen LogP contribution in [0.25, 0.3) is 0 Å². The Balaban J connectivity index is 1.60. The van der Waals surface area contributed by atoms with Crippen molar-refractivity contribution in [3.05, 3.63) is 48.5 Å². The van der Waals surface area contributed by atoms with E-state index in [1.165, 1.54) is 4.90 Å². The van der Waals surface area contributed by atoms with Crippen LogP contribution in [-0.2, 0) is 14.4 Å². The van der Waals surface area contributed by atoms with Crippen LogP contribution < -0.4 is 19.7 Å². The van der Waals surface area contributed by atoms with Gasteiger partial charge >= 0.3 is 0 Å². The van der Waals surface area contributed by atoms with Crippen LogP contribution in [0.15, 0.2) is 48.5 Å². The Morgan fingerprint density at radius 2 is 1.88 bits per heavy atom. The SMILES string of the molecule is CCOc1ccc(N2CC(C(=O)N(CC)CC(=O)Nc3cccc(OC)c3)CC2=O)cc1. The Morgan fingerprint density at radius 3 is 2.53 bits per heavy atom. The molecule has 3 amide bonds. The number of hydrogen-bond donors (Lipinski definition) is 1. The third-order valence-corrected chi connectivity index (χ3v) is 5.32. The molecular formula is C24H29N3O5. The van der Waals surface area contributed by atoms with Gasteiger partial charge < -0.3 is 24.6 Å². The highest BCUT2D eigenvalue weighted by Crippen LogP contribution is 2.28. The van der Waals surface area contributed by atoms with Crippen LogP contribution in [0.5, 0.6) is 11.5 Å². The molecule has 1 fully saturated rings. The van der Waals surface area contributed by atoms with Crippen LogP contribution >= 0.6 is 0 Å². The molecule has 8 nitrogen and oxygen atoms in total. The lowest BCUT2D eigenvalue weighted by Gasteiger charge is -2.24. The van der Waals surface area contributed by atoms with Crippen molar-refractivity contribution in [2.24, 2.45) is 5.92 Å². The van der Waals surface area contributed by atoms with Gasteiger partial charge in [0.15, 0.2) is 0 Å². The number of amides is 3. The largest absolute Gasteiger partial charge is 0.497 e. The van der Waals surface area contributed by atoms with Crippen molar-refractivity contribution >= 4 is 29.1 Å². The zero-order valence-electron chi connectivity index (χ0n) is 18.7. The van der Waals surface area contributed by atoms with E-state index in [9.17, 15) is 14.4 Å². The minimum atomic E-state index is -0.487. The first kappa shape index (κ1) is 23.1. The number of anilines is 2. The average molecular weight is 440 g/mol. The number of carbonyl (C=O) groups excluding carboxylic acids is 3. The molecule has 32 heavy (non-hydrogen) atoms. The summed E-state index contributed by atoms with van der Waals surface area (Å²) in [7, 11) is 1.55. The van der Waals surface area contributed by atoms with Gasteiger partial charge in [-0.3, -0.25) is 14.4 Å². The molecule has 1 atom stereocenters. The molecule has 0 saturated carbocycles. The molecule has 0 radical (unpaired) electrons. The highest BCUT2D eigenvalue weighted by Gasteiger charge is 2.37. The third-order valence-electron chi connectivity index (χ3n) is 5.32. The minimum absolute atomic E-state index is 0.0830. The van der Waals surface area contributed by atoms with E-state index in [4.69, 9.17) is 9.47 Å². The maximum Gasteiger partial charge on any atom is 0.243 e. The predicted molar refractivity (Wildman–Crippen MR) is 122 cm³/mol. The summed E-state index contributed by atoms with van der Waals surface area (Å²) < 4.78 is 10.6. The fourth-order valence-corrected chi connectivity index (χ4v) is 3.69. The van der Waals surface area contributed by atoms with Gasteiger partial charge in [-0.1, -0.05) is 6.07 Å². The Bertz CT molecular complexity index is 960. The Labute approximate surface area is 188 Å². The van der Waals surface area contributed by atoms with Crippen LogP contribution in [0, 0.1) is 5.92 Å². The van der Waals surface area contributed by atoms with E-state index in [1.807, 2.05) is 38.1 Å². The monoisotopic (exact) mass is 439 g/mol. The van der Waals surface area contributed by atoms with Crippen LogP contribution in [0.2, 0.25) is 0 Å². The summed E-state index contributed by atoms with van der Waals surface area (Å²) >= 11 is 0. The molecule has 1 aliphatic rings. The molecule has 0 spiro atoms. The van der Waals surface area contributed by atoms with Crippen LogP contribution in [0.1, 0.15) is 20.3 Å². The van der Waals surface area contributed by atoms with E-state index in [2.05, 4.69) is 5.32 Å². The number of methoxy groups -OCH3 is 1. The Kier molecular flexibility index (Phi) is 7.70. The summed E-state index contributed by atoms with van der Waals surface area (Å²) in [5, 5.41) is 2.78. The van der Waals surface area contributed by atoms with Crippen molar-refractivity contribution in [1.29, 1.82) is 0 Å². The van der Waals surface area contributed by atoms with Gasteiger partial charge in [-0.25, -0.2) is 0 Å². The highest BCUT2D eigenvalue weighted by atomic mass is 16.5. The summed E-state index contributed by atoms with van der Waals surface area (Å²) in [6.07, 6.45) is 0.125. The van der Waals surface area contributed by atoms with E-state index in [1.54, 1.807) is 36.3 Å². The molecule has 170 valence electrons. The molecule has 1 unspecified atom stereocenters. The van der Waals surface area contributed by atoms with Gasteiger partial charge in [0.1, 0.15) is 11.5 Å². The van der Waals surface area contributed by atoms with Gasteiger partial charge in [-0.2, -0.15) is 0 Å². The van der Waals surface area contributed by atoms with Gasteiger partial charge in [0.05, 0.1) is 26.2 Å². The summed E-state index contributed by atoms with van der Waals surface area (Å²) in [5.41, 5.74) is 1.32. The van der Waals surface area contributed by atoms with Gasteiger partial charge in [0.25, 0.3) is 0 Å². The fourth-order valence-electron chi connectivity index (χ4n) is 3.69. The number of nitrogens with zero attached hydrogens (tertiary/aromatic N) is 2. The number of carbonyl (C=O) groups is 3. The fraction of sp³-hybridized carbons (Fsp3) is 0.375. The Morgan fingerprint density at radius 1 is 1.12 bits per heavy atom. The zero-order valence-corrected chi connectivity index (χ0v) is 18.7. The maximum absolute atomic E-state index is 13.1. The molecule has 0 aromatic heterocycles. The standard InChI is InChI=1S/C24H29N3O5/c1-4-26(16-22(28)25-18-7-6-8-21(14-18)31-3)24(30)17-13-23(29)27(15-17)19-9-11-20(12-10-19)32-5-2/h6-12,14,17H,4-5,13,15-16H2,1-3H3,(H,25,28). The lowest BCUT2D eigenvalue weighted by atomic mass is 10.1. The van der Waals surface area contributed by atoms with E-state index < -0.39 is 5.92 Å². The smallest absolute Gasteiger partial charge is 0.243 e. The Hall–Kier alpha value is -3.55. The molecule has 0 aliphatic carbocycles. The first-order valence-electron chi connectivity index (χ1n) is 10.7. The number of benzene rings is 2. The van der Waals surface area contributed by atoms with Crippen molar-refractivity contribution in [3.8, 4) is 11.5 Å². The van der Waals surface area contributed by atoms with Crippen molar-refractivity contribution in [2.45, 2.75) is 20.3 Å². The van der Waals surface area contributed by atoms with Crippen LogP contribution in [-0.4, -0.2) is 56.0 Å². The van der Waals surface area contributed by atoms with Gasteiger partial charge in [-0.05, 0) is 50.2 Å². The second kappa shape index (κ2) is 10.7. The van der Waals surface area contributed by atoms with Gasteiger partial charge in [0.2, 0.25) is 17.7 Å². The van der Waals surface area contributed by atoms with Crippen LogP contribution in [0.3, 0.4) is 0 Å². The van der Waals surface area contributed by atoms with Crippen molar-refractivity contribution < 1.29 is 23.9 Å². The second-order valence-electron chi connectivity index (χ2n) is 7.46. The molecule has 1 heterocycles. The highest BCUT2D eigenvalue weighted by molar-refractivity contribution is 6.01. The molecule has 8 heteroatoms. The number of nitrogens with one attached hydrogen (secondary N) is 1. The van der Waals surface area contributed by atoms with E-state index in [-0.39, 0.29) is 30.7 Å². The molecule has 2 aromatic rings. The first-order chi connectivity index (χ1) is 15.4. The summed E-state index contributed by atoms with van der Waals surface area (Å²) in [6, 6.07) is 14.3. The molecule has 2 aromatic carbocycles. The predicted octanol–water partition coefficient (Wildman–Crippen LogP) is 2.93. The lowest BCUT2D eigenvalue weighted by molar-refractivity contribution is -0.138. The first-order valence-corrected chi connectivity index (χ1v) is 10.7. The van der Waals surface area contributed by atoms with Gasteiger partial charge in [-0.15, -0.1) is 0 Å². The molecule has 3 rings (SSSR count). The zero-order chi connectivity index (χ0) is 23.1. The molecule has 1 saturated heterocycles. The lowest BCUT2D eigenvalue weighted by Crippen LogP contribution is -2.42. The summed E-state index contributed by atoms with van der Waals surface area (Å²) in [6.45, 7) is 4.87. The van der Waals surface area contributed by atoms with Crippen molar-refractivity contribution in [1.82, 2.24) is 4.90 Å². The molecule has 0 bridgehead atoms. The summed E-state index contributed by atoms with van der Waals surface area (Å²) in [5.74, 6) is 0.263. The normalized spacial score (nSPS) is 15.4. The van der Waals surface area contributed by atoms with E-state index >= 15 is 0 Å². The average Bonchev–Trinajstić information content (AvgIpc) is 3.19. The van der Waals surface area contributed by atoms with Crippen molar-refractivity contribution in [3.63, 3.8) is 0 Å². The van der Waals surface area contributed by atoms with E-state index in [0.717, 1.165) is 11.4 Å².